The van der Waals surface area contributed by atoms with Gasteiger partial charge in [-0.3, -0.25) is 4.79 Å². The molecule has 7 nitrogen and oxygen atoms in total. The number of carbonyl (C=O) groups is 1. The first-order chi connectivity index (χ1) is 13.6. The van der Waals surface area contributed by atoms with Gasteiger partial charge in [-0.25, -0.2) is 14.1 Å². The van der Waals surface area contributed by atoms with Crippen LogP contribution in [0.5, 0.6) is 5.75 Å². The van der Waals surface area contributed by atoms with Gasteiger partial charge in [0.05, 0.1) is 12.3 Å². The molecule has 3 rings (SSSR count). The number of benzene rings is 2. The van der Waals surface area contributed by atoms with Gasteiger partial charge in [0.2, 0.25) is 0 Å². The van der Waals surface area contributed by atoms with Crippen molar-refractivity contribution in [1.29, 1.82) is 5.26 Å². The number of amides is 1. The zero-order valence-electron chi connectivity index (χ0n) is 15.0. The normalized spacial score (nSPS) is 11.0. The van der Waals surface area contributed by atoms with Gasteiger partial charge in [0.25, 0.3) is 5.91 Å². The standard InChI is InChI=1S/C20H16FN5O2/c1-2-28-19-6-4-3-5-17(19)25-20(27)15(11-22)9-14-7-8-18(16(21)10-14)26-13-23-12-24-26/h3-10,12-13H,2H2,1H3,(H,25,27)/b15-9+. The number of anilines is 1. The molecule has 0 unspecified atom stereocenters. The fraction of sp³-hybridized carbons (Fsp3) is 0.100. The summed E-state index contributed by atoms with van der Waals surface area (Å²) in [6.45, 7) is 2.27. The minimum absolute atomic E-state index is 0.167. The van der Waals surface area contributed by atoms with Gasteiger partial charge in [-0.05, 0) is 42.8 Å². The van der Waals surface area contributed by atoms with Gasteiger partial charge >= 0.3 is 0 Å². The van der Waals surface area contributed by atoms with Gasteiger partial charge in [-0.15, -0.1) is 0 Å². The van der Waals surface area contributed by atoms with Crippen LogP contribution in [0.15, 0.2) is 60.7 Å². The molecule has 28 heavy (non-hydrogen) atoms. The zero-order chi connectivity index (χ0) is 19.9. The lowest BCUT2D eigenvalue weighted by Crippen LogP contribution is -2.14. The van der Waals surface area contributed by atoms with E-state index in [1.165, 1.54) is 35.5 Å². The molecule has 0 radical (unpaired) electrons. The van der Waals surface area contributed by atoms with Crippen molar-refractivity contribution in [3.63, 3.8) is 0 Å². The Balaban J connectivity index is 1.83. The highest BCUT2D eigenvalue weighted by atomic mass is 19.1. The molecule has 2 aromatic carbocycles. The fourth-order valence-corrected chi connectivity index (χ4v) is 2.49. The first-order valence-electron chi connectivity index (χ1n) is 8.42. The third kappa shape index (κ3) is 4.22. The van der Waals surface area contributed by atoms with E-state index in [1.807, 2.05) is 13.0 Å². The lowest BCUT2D eigenvalue weighted by Gasteiger charge is -2.10. The Labute approximate surface area is 160 Å². The lowest BCUT2D eigenvalue weighted by molar-refractivity contribution is -0.112. The maximum Gasteiger partial charge on any atom is 0.266 e. The Morgan fingerprint density at radius 2 is 2.18 bits per heavy atom. The van der Waals surface area contributed by atoms with Crippen LogP contribution in [0.4, 0.5) is 10.1 Å². The lowest BCUT2D eigenvalue weighted by atomic mass is 10.1. The molecule has 0 aliphatic carbocycles. The number of rotatable bonds is 6. The molecule has 0 bridgehead atoms. The average molecular weight is 377 g/mol. The van der Waals surface area contributed by atoms with E-state index in [0.717, 1.165) is 0 Å². The first kappa shape index (κ1) is 18.8. The molecule has 1 N–H and O–H groups in total. The summed E-state index contributed by atoms with van der Waals surface area (Å²) in [6, 6.07) is 13.0. The number of halogens is 1. The summed E-state index contributed by atoms with van der Waals surface area (Å²) in [6.07, 6.45) is 3.98. The molecule has 0 atom stereocenters. The van der Waals surface area contributed by atoms with Crippen LogP contribution in [-0.2, 0) is 4.79 Å². The Hall–Kier alpha value is -3.99. The van der Waals surface area contributed by atoms with Crippen LogP contribution in [0.25, 0.3) is 11.8 Å². The molecule has 140 valence electrons. The van der Waals surface area contributed by atoms with Gasteiger partial charge in [-0.2, -0.15) is 10.4 Å². The van der Waals surface area contributed by atoms with E-state index in [9.17, 15) is 14.4 Å². The van der Waals surface area contributed by atoms with Crippen molar-refractivity contribution in [2.24, 2.45) is 0 Å². The van der Waals surface area contributed by atoms with Crippen molar-refractivity contribution in [3.8, 4) is 17.5 Å². The number of nitriles is 1. The molecule has 1 amide bonds. The van der Waals surface area contributed by atoms with Crippen molar-refractivity contribution in [2.45, 2.75) is 6.92 Å². The summed E-state index contributed by atoms with van der Waals surface area (Å²) >= 11 is 0. The number of ether oxygens (including phenoxy) is 1. The Kier molecular flexibility index (Phi) is 5.77. The van der Waals surface area contributed by atoms with E-state index in [0.29, 0.717) is 23.6 Å². The number of hydrogen-bond acceptors (Lipinski definition) is 5. The van der Waals surface area contributed by atoms with Gasteiger partial charge in [0.1, 0.15) is 41.6 Å². The maximum atomic E-state index is 14.3. The number of nitrogens with one attached hydrogen (secondary N) is 1. The van der Waals surface area contributed by atoms with Gasteiger partial charge in [-0.1, -0.05) is 18.2 Å². The number of nitrogens with zero attached hydrogens (tertiary/aromatic N) is 4. The molecule has 1 aromatic heterocycles. The van der Waals surface area contributed by atoms with Crippen LogP contribution in [0.2, 0.25) is 0 Å². The van der Waals surface area contributed by atoms with Gasteiger partial charge in [0.15, 0.2) is 0 Å². The van der Waals surface area contributed by atoms with Crippen LogP contribution in [-0.4, -0.2) is 27.3 Å². The zero-order valence-corrected chi connectivity index (χ0v) is 15.0. The summed E-state index contributed by atoms with van der Waals surface area (Å²) in [5.74, 6) is -0.673. The van der Waals surface area contributed by atoms with E-state index in [2.05, 4.69) is 15.4 Å². The highest BCUT2D eigenvalue weighted by Crippen LogP contribution is 2.24. The van der Waals surface area contributed by atoms with E-state index >= 15 is 0 Å². The van der Waals surface area contributed by atoms with E-state index in [1.54, 1.807) is 30.3 Å². The van der Waals surface area contributed by atoms with Crippen LogP contribution in [0.3, 0.4) is 0 Å². The Morgan fingerprint density at radius 3 is 2.86 bits per heavy atom. The van der Waals surface area contributed by atoms with Crippen LogP contribution in [0, 0.1) is 17.1 Å². The van der Waals surface area contributed by atoms with E-state index in [4.69, 9.17) is 4.74 Å². The third-order valence-electron chi connectivity index (χ3n) is 3.75. The molecule has 0 aliphatic rings. The van der Waals surface area contributed by atoms with Crippen molar-refractivity contribution in [2.75, 3.05) is 11.9 Å². The fourth-order valence-electron chi connectivity index (χ4n) is 2.49. The monoisotopic (exact) mass is 377 g/mol. The van der Waals surface area contributed by atoms with Crippen molar-refractivity contribution in [3.05, 3.63) is 72.1 Å². The van der Waals surface area contributed by atoms with Crippen molar-refractivity contribution >= 4 is 17.7 Å². The maximum absolute atomic E-state index is 14.3. The smallest absolute Gasteiger partial charge is 0.266 e. The highest BCUT2D eigenvalue weighted by molar-refractivity contribution is 6.10. The Bertz CT molecular complexity index is 1050. The second kappa shape index (κ2) is 8.60. The molecule has 0 spiro atoms. The van der Waals surface area contributed by atoms with Crippen LogP contribution in [0.1, 0.15) is 12.5 Å². The summed E-state index contributed by atoms with van der Waals surface area (Å²) in [7, 11) is 0. The molecule has 0 fully saturated rings. The van der Waals surface area contributed by atoms with Crippen molar-refractivity contribution < 1.29 is 13.9 Å². The minimum atomic E-state index is -0.615. The SMILES string of the molecule is CCOc1ccccc1NC(=O)/C(C#N)=C/c1ccc(-n2cncn2)c(F)c1. The predicted octanol–water partition coefficient (Wildman–Crippen LogP) is 3.35. The number of carbonyl (C=O) groups excluding carboxylic acids is 1. The Morgan fingerprint density at radius 1 is 1.36 bits per heavy atom. The molecular weight excluding hydrogens is 361 g/mol. The van der Waals surface area contributed by atoms with Gasteiger partial charge in [0, 0.05) is 0 Å². The molecule has 0 aliphatic heterocycles. The average Bonchev–Trinajstić information content (AvgIpc) is 3.22. The third-order valence-corrected chi connectivity index (χ3v) is 3.75. The summed E-state index contributed by atoms with van der Waals surface area (Å²) < 4.78 is 21.1. The van der Waals surface area contributed by atoms with Gasteiger partial charge < -0.3 is 10.1 Å². The molecule has 1 heterocycles. The molecular formula is C20H16FN5O2. The van der Waals surface area contributed by atoms with Crippen molar-refractivity contribution in [1.82, 2.24) is 14.8 Å². The first-order valence-corrected chi connectivity index (χ1v) is 8.42. The minimum Gasteiger partial charge on any atom is -0.492 e. The highest BCUT2D eigenvalue weighted by Gasteiger charge is 2.13. The molecule has 3 aromatic rings. The number of hydrogen-bond donors (Lipinski definition) is 1. The van der Waals surface area contributed by atoms with Crippen LogP contribution >= 0.6 is 0 Å². The number of aromatic nitrogens is 3. The second-order valence-electron chi connectivity index (χ2n) is 5.60. The molecule has 0 saturated heterocycles. The van der Waals surface area contributed by atoms with Crippen LogP contribution < -0.4 is 10.1 Å². The second-order valence-corrected chi connectivity index (χ2v) is 5.60. The molecule has 0 saturated carbocycles. The summed E-state index contributed by atoms with van der Waals surface area (Å²) in [5, 5.41) is 15.9. The largest absolute Gasteiger partial charge is 0.492 e. The summed E-state index contributed by atoms with van der Waals surface area (Å²) in [4.78, 5) is 16.2. The predicted molar refractivity (Wildman–Crippen MR) is 101 cm³/mol. The quantitative estimate of drug-likeness (QED) is 0.525. The summed E-state index contributed by atoms with van der Waals surface area (Å²) in [5.41, 5.74) is 0.858. The molecule has 8 heteroatoms. The number of para-hydroxylation sites is 2. The van der Waals surface area contributed by atoms with E-state index in [-0.39, 0.29) is 11.3 Å². The topological polar surface area (TPSA) is 92.8 Å². The van der Waals surface area contributed by atoms with E-state index < -0.39 is 11.7 Å².